The van der Waals surface area contributed by atoms with Crippen molar-refractivity contribution < 1.29 is 8.42 Å². The maximum Gasteiger partial charge on any atom is 0.219 e. The molecule has 6 heteroatoms. The highest BCUT2D eigenvalue weighted by molar-refractivity contribution is 7.89. The lowest BCUT2D eigenvalue weighted by Gasteiger charge is -2.50. The van der Waals surface area contributed by atoms with E-state index >= 15 is 0 Å². The van der Waals surface area contributed by atoms with Gasteiger partial charge in [-0.05, 0) is 34.9 Å². The molecule has 0 aliphatic carbocycles. The zero-order chi connectivity index (χ0) is 13.7. The number of likely N-dealkylation sites (N-methyl/N-ethyl adjacent to an activating group) is 1. The molecule has 106 valence electrons. The first-order valence-corrected chi connectivity index (χ1v) is 8.03. The van der Waals surface area contributed by atoms with Gasteiger partial charge in [-0.2, -0.15) is 4.31 Å². The second-order valence-corrected chi connectivity index (χ2v) is 8.89. The van der Waals surface area contributed by atoms with E-state index in [1.807, 2.05) is 14.1 Å². The molecule has 2 saturated heterocycles. The van der Waals surface area contributed by atoms with E-state index in [1.165, 1.54) is 0 Å². The molecule has 2 aliphatic rings. The Kier molecular flexibility index (Phi) is 3.51. The highest BCUT2D eigenvalue weighted by Crippen LogP contribution is 2.29. The van der Waals surface area contributed by atoms with E-state index in [-0.39, 0.29) is 10.8 Å². The highest BCUT2D eigenvalue weighted by atomic mass is 32.2. The molecule has 2 rings (SSSR count). The van der Waals surface area contributed by atoms with Gasteiger partial charge >= 0.3 is 0 Å². The van der Waals surface area contributed by atoms with Crippen molar-refractivity contribution in [2.75, 3.05) is 40.3 Å². The number of hydrogen-bond acceptors (Lipinski definition) is 4. The average molecular weight is 275 g/mol. The lowest BCUT2D eigenvalue weighted by atomic mass is 10.0. The van der Waals surface area contributed by atoms with Crippen LogP contribution in [0.3, 0.4) is 0 Å². The van der Waals surface area contributed by atoms with E-state index in [0.29, 0.717) is 32.2 Å². The summed E-state index contributed by atoms with van der Waals surface area (Å²) in [6.45, 7) is 9.04. The average Bonchev–Trinajstić information content (AvgIpc) is 1.89. The van der Waals surface area contributed by atoms with Crippen LogP contribution < -0.4 is 0 Å². The van der Waals surface area contributed by atoms with Crippen molar-refractivity contribution in [2.45, 2.75) is 37.6 Å². The molecule has 18 heavy (non-hydrogen) atoms. The summed E-state index contributed by atoms with van der Waals surface area (Å²) < 4.78 is 26.3. The van der Waals surface area contributed by atoms with Crippen molar-refractivity contribution in [2.24, 2.45) is 0 Å². The van der Waals surface area contributed by atoms with Gasteiger partial charge in [0, 0.05) is 37.8 Å². The molecular formula is C12H25N3O2S. The molecule has 0 aromatic carbocycles. The smallest absolute Gasteiger partial charge is 0.219 e. The van der Waals surface area contributed by atoms with Gasteiger partial charge in [-0.15, -0.1) is 0 Å². The second kappa shape index (κ2) is 4.44. The van der Waals surface area contributed by atoms with Crippen molar-refractivity contribution in [3.8, 4) is 0 Å². The van der Waals surface area contributed by atoms with E-state index in [4.69, 9.17) is 0 Å². The minimum Gasteiger partial charge on any atom is -0.304 e. The van der Waals surface area contributed by atoms with Crippen LogP contribution in [0.2, 0.25) is 0 Å². The zero-order valence-corrected chi connectivity index (χ0v) is 12.9. The molecule has 0 saturated carbocycles. The number of nitrogens with zero attached hydrogens (tertiary/aromatic N) is 3. The summed E-state index contributed by atoms with van der Waals surface area (Å²) in [5.41, 5.74) is 0.0765. The first-order chi connectivity index (χ1) is 8.12. The molecule has 2 aliphatic heterocycles. The van der Waals surface area contributed by atoms with Gasteiger partial charge in [-0.1, -0.05) is 0 Å². The third-order valence-electron chi connectivity index (χ3n) is 4.14. The zero-order valence-electron chi connectivity index (χ0n) is 12.0. The van der Waals surface area contributed by atoms with Gasteiger partial charge in [-0.25, -0.2) is 8.42 Å². The fourth-order valence-corrected chi connectivity index (χ4v) is 4.25. The van der Waals surface area contributed by atoms with Crippen molar-refractivity contribution in [3.05, 3.63) is 0 Å². The van der Waals surface area contributed by atoms with E-state index in [9.17, 15) is 8.42 Å². The minimum atomic E-state index is -3.06. The lowest BCUT2D eigenvalue weighted by Crippen LogP contribution is -2.67. The molecule has 0 aromatic heterocycles. The highest BCUT2D eigenvalue weighted by Gasteiger charge is 2.47. The summed E-state index contributed by atoms with van der Waals surface area (Å²) in [7, 11) is 0.938. The standard InChI is InChI=1S/C12H25N3O2S/c1-12(2,3)14-8-11(9-14)18(16,17)15-6-10(7-15)13(4)5/h10-11H,6-9H2,1-5H3. The van der Waals surface area contributed by atoms with Crippen LogP contribution in [0.15, 0.2) is 0 Å². The molecule has 5 nitrogen and oxygen atoms in total. The van der Waals surface area contributed by atoms with Crippen LogP contribution in [0.5, 0.6) is 0 Å². The van der Waals surface area contributed by atoms with E-state index < -0.39 is 10.0 Å². The Morgan fingerprint density at radius 3 is 1.94 bits per heavy atom. The van der Waals surface area contributed by atoms with Crippen molar-refractivity contribution in [1.29, 1.82) is 0 Å². The van der Waals surface area contributed by atoms with Crippen LogP contribution in [-0.2, 0) is 10.0 Å². The van der Waals surface area contributed by atoms with Gasteiger partial charge in [-0.3, -0.25) is 4.90 Å². The maximum absolute atomic E-state index is 12.3. The summed E-state index contributed by atoms with van der Waals surface area (Å²) in [6, 6.07) is 0.388. The molecule has 0 atom stereocenters. The Morgan fingerprint density at radius 2 is 1.56 bits per heavy atom. The van der Waals surface area contributed by atoms with Crippen molar-refractivity contribution in [3.63, 3.8) is 0 Å². The number of likely N-dealkylation sites (tertiary alicyclic amines) is 1. The lowest BCUT2D eigenvalue weighted by molar-refractivity contribution is 0.0656. The van der Waals surface area contributed by atoms with Crippen LogP contribution >= 0.6 is 0 Å². The third-order valence-corrected chi connectivity index (χ3v) is 6.30. The first-order valence-electron chi connectivity index (χ1n) is 6.53. The maximum atomic E-state index is 12.3. The minimum absolute atomic E-state index is 0.0765. The quantitative estimate of drug-likeness (QED) is 0.730. The number of rotatable bonds is 3. The van der Waals surface area contributed by atoms with Crippen LogP contribution in [-0.4, -0.2) is 79.6 Å². The Labute approximate surface area is 111 Å². The second-order valence-electron chi connectivity index (χ2n) is 6.68. The molecule has 0 N–H and O–H groups in total. The van der Waals surface area contributed by atoms with E-state index in [0.717, 1.165) is 0 Å². The largest absolute Gasteiger partial charge is 0.304 e. The molecule has 0 spiro atoms. The predicted octanol–water partition coefficient (Wildman–Crippen LogP) is 0.0447. The topological polar surface area (TPSA) is 43.9 Å². The molecular weight excluding hydrogens is 250 g/mol. The molecule has 0 unspecified atom stereocenters. The molecule has 0 amide bonds. The Balaban J connectivity index is 1.88. The summed E-state index contributed by atoms with van der Waals surface area (Å²) in [6.07, 6.45) is 0. The fourth-order valence-electron chi connectivity index (χ4n) is 2.34. The van der Waals surface area contributed by atoms with Gasteiger partial charge in [0.1, 0.15) is 5.25 Å². The molecule has 0 radical (unpaired) electrons. The van der Waals surface area contributed by atoms with Gasteiger partial charge < -0.3 is 4.90 Å². The summed E-state index contributed by atoms with van der Waals surface area (Å²) in [5.74, 6) is 0. The third kappa shape index (κ3) is 2.43. The number of sulfonamides is 1. The number of hydrogen-bond donors (Lipinski definition) is 0. The Bertz CT molecular complexity index is 402. The van der Waals surface area contributed by atoms with Crippen LogP contribution in [0.1, 0.15) is 20.8 Å². The normalized spacial score (nSPS) is 25.2. The monoisotopic (exact) mass is 275 g/mol. The van der Waals surface area contributed by atoms with Crippen LogP contribution in [0.25, 0.3) is 0 Å². The SMILES string of the molecule is CN(C)C1CN(S(=O)(=O)C2CN(C(C)(C)C)C2)C1. The van der Waals surface area contributed by atoms with Crippen LogP contribution in [0, 0.1) is 0 Å². The first kappa shape index (κ1) is 14.2. The Hall–Kier alpha value is -0.170. The van der Waals surface area contributed by atoms with Crippen LogP contribution in [0.4, 0.5) is 0 Å². The molecule has 2 heterocycles. The summed E-state index contributed by atoms with van der Waals surface area (Å²) in [5, 5.41) is -0.195. The van der Waals surface area contributed by atoms with E-state index in [2.05, 4.69) is 30.6 Å². The molecule has 2 fully saturated rings. The van der Waals surface area contributed by atoms with Gasteiger partial charge in [0.2, 0.25) is 10.0 Å². The summed E-state index contributed by atoms with van der Waals surface area (Å²) in [4.78, 5) is 4.31. The van der Waals surface area contributed by atoms with Gasteiger partial charge in [0.15, 0.2) is 0 Å². The van der Waals surface area contributed by atoms with Gasteiger partial charge in [0.05, 0.1) is 0 Å². The molecule has 0 bridgehead atoms. The fraction of sp³-hybridized carbons (Fsp3) is 1.00. The Morgan fingerprint density at radius 1 is 1.06 bits per heavy atom. The predicted molar refractivity (Wildman–Crippen MR) is 73.1 cm³/mol. The van der Waals surface area contributed by atoms with Crippen molar-refractivity contribution in [1.82, 2.24) is 14.1 Å². The van der Waals surface area contributed by atoms with Crippen molar-refractivity contribution >= 4 is 10.0 Å². The summed E-state index contributed by atoms with van der Waals surface area (Å²) >= 11 is 0. The molecule has 0 aromatic rings. The van der Waals surface area contributed by atoms with E-state index in [1.54, 1.807) is 4.31 Å². The van der Waals surface area contributed by atoms with Gasteiger partial charge in [0.25, 0.3) is 0 Å².